The molecule has 1 heterocycles. The number of hydrogen-bond donors (Lipinski definition) is 1. The molecule has 0 spiro atoms. The van der Waals surface area contributed by atoms with Gasteiger partial charge in [-0.05, 0) is 56.5 Å². The zero-order chi connectivity index (χ0) is 14.0. The predicted molar refractivity (Wildman–Crippen MR) is 79.2 cm³/mol. The summed E-state index contributed by atoms with van der Waals surface area (Å²) in [6.45, 7) is 10.6. The van der Waals surface area contributed by atoms with Crippen molar-refractivity contribution >= 4 is 5.69 Å². The van der Waals surface area contributed by atoms with Gasteiger partial charge in [-0.15, -0.1) is 0 Å². The number of benzene rings is 1. The van der Waals surface area contributed by atoms with E-state index in [-0.39, 0.29) is 5.82 Å². The second-order valence-corrected chi connectivity index (χ2v) is 5.73. The molecule has 3 heteroatoms. The van der Waals surface area contributed by atoms with Crippen LogP contribution < -0.4 is 10.2 Å². The molecule has 3 atom stereocenters. The van der Waals surface area contributed by atoms with Gasteiger partial charge < -0.3 is 10.2 Å². The smallest absolute Gasteiger partial charge is 0.125 e. The number of aryl methyl sites for hydroxylation is 1. The van der Waals surface area contributed by atoms with Crippen LogP contribution in [0.5, 0.6) is 0 Å². The van der Waals surface area contributed by atoms with Crippen molar-refractivity contribution in [3.8, 4) is 0 Å². The highest BCUT2D eigenvalue weighted by Gasteiger charge is 2.32. The number of halogens is 1. The molecule has 2 nitrogen and oxygen atoms in total. The van der Waals surface area contributed by atoms with E-state index in [4.69, 9.17) is 0 Å². The van der Waals surface area contributed by atoms with E-state index in [1.807, 2.05) is 6.92 Å². The van der Waals surface area contributed by atoms with Crippen molar-refractivity contribution in [3.05, 3.63) is 29.6 Å². The lowest BCUT2D eigenvalue weighted by Gasteiger charge is -2.44. The van der Waals surface area contributed by atoms with Crippen LogP contribution >= 0.6 is 0 Å². The minimum Gasteiger partial charge on any atom is -0.368 e. The van der Waals surface area contributed by atoms with Gasteiger partial charge in [0.1, 0.15) is 5.82 Å². The lowest BCUT2D eigenvalue weighted by atomic mass is 9.86. The van der Waals surface area contributed by atoms with Gasteiger partial charge in [-0.25, -0.2) is 4.39 Å². The van der Waals surface area contributed by atoms with E-state index < -0.39 is 0 Å². The summed E-state index contributed by atoms with van der Waals surface area (Å²) in [5.74, 6) is 0.431. The standard InChI is InChI=1S/C16H25FN2/c1-5-18-16-6-7-19(13(4)12(16)3)15-9-11(2)8-14(17)10-15/h8-10,12-13,16,18H,5-7H2,1-4H3. The fraction of sp³-hybridized carbons (Fsp3) is 0.625. The molecule has 1 aliphatic heterocycles. The first-order valence-corrected chi connectivity index (χ1v) is 7.30. The van der Waals surface area contributed by atoms with Crippen LogP contribution in [-0.4, -0.2) is 25.2 Å². The van der Waals surface area contributed by atoms with Gasteiger partial charge >= 0.3 is 0 Å². The molecule has 0 saturated carbocycles. The average Bonchev–Trinajstić information content (AvgIpc) is 2.34. The molecule has 1 aliphatic rings. The van der Waals surface area contributed by atoms with Crippen molar-refractivity contribution in [2.45, 2.75) is 46.2 Å². The molecule has 0 aliphatic carbocycles. The third-order valence-corrected chi connectivity index (χ3v) is 4.39. The lowest BCUT2D eigenvalue weighted by molar-refractivity contribution is 0.274. The van der Waals surface area contributed by atoms with Crippen LogP contribution in [0.1, 0.15) is 32.8 Å². The Morgan fingerprint density at radius 2 is 2.05 bits per heavy atom. The number of anilines is 1. The summed E-state index contributed by atoms with van der Waals surface area (Å²) in [6.07, 6.45) is 1.12. The van der Waals surface area contributed by atoms with Crippen molar-refractivity contribution < 1.29 is 4.39 Å². The molecule has 1 fully saturated rings. The highest BCUT2D eigenvalue weighted by Crippen LogP contribution is 2.29. The summed E-state index contributed by atoms with van der Waals surface area (Å²) in [5, 5.41) is 3.56. The molecule has 0 aromatic heterocycles. The van der Waals surface area contributed by atoms with Gasteiger partial charge in [0.15, 0.2) is 0 Å². The van der Waals surface area contributed by atoms with Crippen LogP contribution in [0.3, 0.4) is 0 Å². The normalized spacial score (nSPS) is 27.6. The van der Waals surface area contributed by atoms with Crippen molar-refractivity contribution in [1.82, 2.24) is 5.32 Å². The fourth-order valence-corrected chi connectivity index (χ4v) is 3.16. The molecule has 0 radical (unpaired) electrons. The van der Waals surface area contributed by atoms with E-state index in [1.54, 1.807) is 12.1 Å². The summed E-state index contributed by atoms with van der Waals surface area (Å²) in [7, 11) is 0. The highest BCUT2D eigenvalue weighted by atomic mass is 19.1. The lowest BCUT2D eigenvalue weighted by Crippen LogP contribution is -2.53. The third-order valence-electron chi connectivity index (χ3n) is 4.39. The Morgan fingerprint density at radius 1 is 1.32 bits per heavy atom. The van der Waals surface area contributed by atoms with Gasteiger partial charge in [0.25, 0.3) is 0 Å². The molecular formula is C16H25FN2. The fourth-order valence-electron chi connectivity index (χ4n) is 3.16. The van der Waals surface area contributed by atoms with Crippen LogP contribution in [0.25, 0.3) is 0 Å². The summed E-state index contributed by atoms with van der Waals surface area (Å²) in [6, 6.07) is 6.33. The Kier molecular flexibility index (Phi) is 4.46. The Bertz CT molecular complexity index is 413. The van der Waals surface area contributed by atoms with Crippen LogP contribution in [-0.2, 0) is 0 Å². The quantitative estimate of drug-likeness (QED) is 0.900. The maximum absolute atomic E-state index is 13.6. The SMILES string of the molecule is CCNC1CCN(c2cc(C)cc(F)c2)C(C)C1C. The first kappa shape index (κ1) is 14.3. The van der Waals surface area contributed by atoms with E-state index in [9.17, 15) is 4.39 Å². The Labute approximate surface area is 116 Å². The van der Waals surface area contributed by atoms with Gasteiger partial charge in [0.05, 0.1) is 0 Å². The topological polar surface area (TPSA) is 15.3 Å². The summed E-state index contributed by atoms with van der Waals surface area (Å²) >= 11 is 0. The number of rotatable bonds is 3. The van der Waals surface area contributed by atoms with Crippen LogP contribution in [0.4, 0.5) is 10.1 Å². The van der Waals surface area contributed by atoms with E-state index in [2.05, 4.69) is 37.1 Å². The van der Waals surface area contributed by atoms with Crippen molar-refractivity contribution in [3.63, 3.8) is 0 Å². The van der Waals surface area contributed by atoms with Crippen LogP contribution in [0, 0.1) is 18.7 Å². The van der Waals surface area contributed by atoms with Gasteiger partial charge in [-0.3, -0.25) is 0 Å². The molecule has 1 N–H and O–H groups in total. The second-order valence-electron chi connectivity index (χ2n) is 5.73. The third kappa shape index (κ3) is 3.08. The predicted octanol–water partition coefficient (Wildman–Crippen LogP) is 3.35. The van der Waals surface area contributed by atoms with Gasteiger partial charge in [-0.2, -0.15) is 0 Å². The summed E-state index contributed by atoms with van der Waals surface area (Å²) in [5.41, 5.74) is 2.01. The molecule has 2 rings (SSSR count). The minimum atomic E-state index is -0.136. The van der Waals surface area contributed by atoms with Gasteiger partial charge in [0.2, 0.25) is 0 Å². The monoisotopic (exact) mass is 264 g/mol. The molecule has 0 amide bonds. The molecule has 1 aromatic carbocycles. The zero-order valence-corrected chi connectivity index (χ0v) is 12.4. The van der Waals surface area contributed by atoms with Gasteiger partial charge in [-0.1, -0.05) is 13.8 Å². The molecule has 1 aromatic rings. The molecule has 3 unspecified atom stereocenters. The van der Waals surface area contributed by atoms with Crippen LogP contribution in [0.15, 0.2) is 18.2 Å². The van der Waals surface area contributed by atoms with Gasteiger partial charge in [0, 0.05) is 24.3 Å². The number of nitrogens with one attached hydrogen (secondary N) is 1. The number of nitrogens with zero attached hydrogens (tertiary/aromatic N) is 1. The van der Waals surface area contributed by atoms with Crippen molar-refractivity contribution in [2.75, 3.05) is 18.0 Å². The first-order valence-electron chi connectivity index (χ1n) is 7.30. The summed E-state index contributed by atoms with van der Waals surface area (Å²) in [4.78, 5) is 2.34. The largest absolute Gasteiger partial charge is 0.368 e. The van der Waals surface area contributed by atoms with E-state index in [1.165, 1.54) is 0 Å². The summed E-state index contributed by atoms with van der Waals surface area (Å²) < 4.78 is 13.6. The van der Waals surface area contributed by atoms with E-state index in [0.29, 0.717) is 18.0 Å². The molecule has 19 heavy (non-hydrogen) atoms. The molecular weight excluding hydrogens is 239 g/mol. The Balaban J connectivity index is 2.18. The number of piperidine rings is 1. The maximum Gasteiger partial charge on any atom is 0.125 e. The van der Waals surface area contributed by atoms with Crippen molar-refractivity contribution in [2.24, 2.45) is 5.92 Å². The van der Waals surface area contributed by atoms with Crippen LogP contribution in [0.2, 0.25) is 0 Å². The first-order chi connectivity index (χ1) is 9.02. The second kappa shape index (κ2) is 5.91. The maximum atomic E-state index is 13.6. The van der Waals surface area contributed by atoms with E-state index >= 15 is 0 Å². The highest BCUT2D eigenvalue weighted by molar-refractivity contribution is 5.50. The molecule has 1 saturated heterocycles. The zero-order valence-electron chi connectivity index (χ0n) is 12.4. The number of hydrogen-bond acceptors (Lipinski definition) is 2. The Hall–Kier alpha value is -1.09. The molecule has 0 bridgehead atoms. The minimum absolute atomic E-state index is 0.136. The van der Waals surface area contributed by atoms with Crippen molar-refractivity contribution in [1.29, 1.82) is 0 Å². The van der Waals surface area contributed by atoms with E-state index in [0.717, 1.165) is 30.8 Å². The molecule has 106 valence electrons. The average molecular weight is 264 g/mol. The Morgan fingerprint density at radius 3 is 2.68 bits per heavy atom.